The largest absolute Gasteiger partial charge is 0.390 e. The summed E-state index contributed by atoms with van der Waals surface area (Å²) in [5, 5.41) is 19.0. The van der Waals surface area contributed by atoms with Crippen molar-refractivity contribution >= 4 is 23.7 Å². The number of hydrogen-bond donors (Lipinski definition) is 4. The van der Waals surface area contributed by atoms with Gasteiger partial charge in [-0.25, -0.2) is 4.79 Å². The second kappa shape index (κ2) is 7.12. The zero-order valence-corrected chi connectivity index (χ0v) is 16.0. The first-order valence-electron chi connectivity index (χ1n) is 8.77. The Balaban J connectivity index is 1.66. The quantitative estimate of drug-likeness (QED) is 0.394. The molecule has 0 aromatic heterocycles. The van der Waals surface area contributed by atoms with Crippen LogP contribution in [0.25, 0.3) is 0 Å². The predicted octanol–water partition coefficient (Wildman–Crippen LogP) is 1.77. The van der Waals surface area contributed by atoms with Crippen molar-refractivity contribution in [3.05, 3.63) is 0 Å². The molecule has 138 valence electrons. The van der Waals surface area contributed by atoms with Gasteiger partial charge in [0.1, 0.15) is 0 Å². The highest BCUT2D eigenvalue weighted by atomic mass is 32.2. The van der Waals surface area contributed by atoms with E-state index >= 15 is 0 Å². The Morgan fingerprint density at radius 2 is 2.08 bits per heavy atom. The molecule has 0 bridgehead atoms. The van der Waals surface area contributed by atoms with E-state index in [1.165, 1.54) is 0 Å². The lowest BCUT2D eigenvalue weighted by Crippen LogP contribution is -2.58. The summed E-state index contributed by atoms with van der Waals surface area (Å²) in [7, 11) is 0. The third-order valence-corrected chi connectivity index (χ3v) is 7.16. The van der Waals surface area contributed by atoms with Crippen LogP contribution in [0.4, 0.5) is 4.79 Å². The minimum atomic E-state index is -0.741. The van der Waals surface area contributed by atoms with Gasteiger partial charge in [0.15, 0.2) is 0 Å². The molecule has 0 radical (unpaired) electrons. The second-order valence-electron chi connectivity index (χ2n) is 8.07. The first-order valence-corrected chi connectivity index (χ1v) is 9.82. The Labute approximate surface area is 148 Å². The summed E-state index contributed by atoms with van der Waals surface area (Å²) in [4.78, 5) is 23.5. The average Bonchev–Trinajstić information content (AvgIpc) is 2.79. The fourth-order valence-corrected chi connectivity index (χ4v) is 5.32. The maximum absolute atomic E-state index is 11.8. The highest BCUT2D eigenvalue weighted by Gasteiger charge is 2.60. The highest BCUT2D eigenvalue weighted by Crippen LogP contribution is 2.47. The maximum atomic E-state index is 11.8. The molecule has 2 aliphatic heterocycles. The smallest absolute Gasteiger partial charge is 0.315 e. The van der Waals surface area contributed by atoms with Crippen LogP contribution in [0.5, 0.6) is 0 Å². The van der Waals surface area contributed by atoms with Crippen LogP contribution in [0.2, 0.25) is 0 Å². The van der Waals surface area contributed by atoms with E-state index in [0.29, 0.717) is 24.6 Å². The molecule has 3 atom stereocenters. The van der Waals surface area contributed by atoms with E-state index in [2.05, 4.69) is 29.8 Å². The van der Waals surface area contributed by atoms with Crippen molar-refractivity contribution in [2.24, 2.45) is 0 Å². The molecule has 2 saturated heterocycles. The highest BCUT2D eigenvalue weighted by molar-refractivity contribution is 8.00. The molecule has 2 aliphatic rings. The van der Waals surface area contributed by atoms with Gasteiger partial charge in [-0.1, -0.05) is 6.42 Å². The van der Waals surface area contributed by atoms with Gasteiger partial charge in [0, 0.05) is 24.0 Å². The number of fused-ring (bicyclic) bond motifs is 1. The standard InChI is InChI=1S/C17H31N3O3S/c1-15(2,23)9-10-18-13(21)8-6-5-7-12-17(4)16(3,11-24-12)19-14(22)20-17/h12,23H,5-11H2,1-4H3,(H,18,21)(H2,19,20,22)/t12-,16-,17+/m0/s1. The number of urea groups is 1. The summed E-state index contributed by atoms with van der Waals surface area (Å²) in [6.07, 6.45) is 3.89. The Hall–Kier alpha value is -0.950. The summed E-state index contributed by atoms with van der Waals surface area (Å²) in [5.41, 5.74) is -1.15. The van der Waals surface area contributed by atoms with E-state index in [1.807, 2.05) is 11.8 Å². The van der Waals surface area contributed by atoms with E-state index < -0.39 is 5.60 Å². The molecule has 0 aromatic rings. The lowest BCUT2D eigenvalue weighted by atomic mass is 9.79. The van der Waals surface area contributed by atoms with Gasteiger partial charge < -0.3 is 21.1 Å². The van der Waals surface area contributed by atoms with Crippen LogP contribution in [0.15, 0.2) is 0 Å². The molecule has 2 fully saturated rings. The third-order valence-electron chi connectivity index (χ3n) is 5.31. The minimum Gasteiger partial charge on any atom is -0.390 e. The van der Waals surface area contributed by atoms with Crippen molar-refractivity contribution < 1.29 is 14.7 Å². The van der Waals surface area contributed by atoms with E-state index in [9.17, 15) is 14.7 Å². The number of thioether (sulfide) groups is 1. The van der Waals surface area contributed by atoms with Crippen LogP contribution in [0.3, 0.4) is 0 Å². The van der Waals surface area contributed by atoms with Crippen LogP contribution < -0.4 is 16.0 Å². The third kappa shape index (κ3) is 4.36. The fourth-order valence-electron chi connectivity index (χ4n) is 3.42. The molecule has 2 heterocycles. The topological polar surface area (TPSA) is 90.5 Å². The average molecular weight is 358 g/mol. The summed E-state index contributed by atoms with van der Waals surface area (Å²) >= 11 is 1.90. The van der Waals surface area contributed by atoms with Gasteiger partial charge in [-0.2, -0.15) is 11.8 Å². The van der Waals surface area contributed by atoms with Crippen LogP contribution in [0, 0.1) is 0 Å². The normalized spacial score (nSPS) is 32.2. The van der Waals surface area contributed by atoms with Crippen LogP contribution in [-0.2, 0) is 4.79 Å². The maximum Gasteiger partial charge on any atom is 0.315 e. The number of hydrogen-bond acceptors (Lipinski definition) is 4. The van der Waals surface area contributed by atoms with Gasteiger partial charge in [0.05, 0.1) is 16.7 Å². The van der Waals surface area contributed by atoms with E-state index in [4.69, 9.17) is 0 Å². The second-order valence-corrected chi connectivity index (χ2v) is 9.26. The molecule has 6 nitrogen and oxygen atoms in total. The number of amides is 3. The van der Waals surface area contributed by atoms with Crippen molar-refractivity contribution in [2.45, 2.75) is 81.7 Å². The van der Waals surface area contributed by atoms with Crippen LogP contribution in [0.1, 0.15) is 59.8 Å². The van der Waals surface area contributed by atoms with Crippen LogP contribution >= 0.6 is 11.8 Å². The number of nitrogens with one attached hydrogen (secondary N) is 3. The molecule has 24 heavy (non-hydrogen) atoms. The van der Waals surface area contributed by atoms with E-state index in [-0.39, 0.29) is 23.0 Å². The molecule has 7 heteroatoms. The van der Waals surface area contributed by atoms with Crippen molar-refractivity contribution in [1.82, 2.24) is 16.0 Å². The predicted molar refractivity (Wildman–Crippen MR) is 97.1 cm³/mol. The molecule has 0 unspecified atom stereocenters. The Morgan fingerprint density at radius 3 is 2.75 bits per heavy atom. The number of aliphatic hydroxyl groups is 1. The van der Waals surface area contributed by atoms with Crippen molar-refractivity contribution in [3.63, 3.8) is 0 Å². The number of rotatable bonds is 8. The number of carbonyl (C=O) groups excluding carboxylic acids is 2. The summed E-state index contributed by atoms with van der Waals surface area (Å²) in [6, 6.07) is -0.0727. The van der Waals surface area contributed by atoms with Crippen molar-refractivity contribution in [2.75, 3.05) is 12.3 Å². The van der Waals surface area contributed by atoms with Gasteiger partial charge in [-0.05, 0) is 47.0 Å². The van der Waals surface area contributed by atoms with Gasteiger partial charge in [0.2, 0.25) is 5.91 Å². The molecule has 4 N–H and O–H groups in total. The van der Waals surface area contributed by atoms with E-state index in [1.54, 1.807) is 13.8 Å². The molecule has 0 saturated carbocycles. The zero-order chi connectivity index (χ0) is 18.0. The molecule has 0 aliphatic carbocycles. The van der Waals surface area contributed by atoms with Crippen molar-refractivity contribution in [1.29, 1.82) is 0 Å². The first-order chi connectivity index (χ1) is 11.1. The summed E-state index contributed by atoms with van der Waals surface area (Å²) in [5.74, 6) is 0.967. The summed E-state index contributed by atoms with van der Waals surface area (Å²) in [6.45, 7) is 8.22. The minimum absolute atomic E-state index is 0.0465. The lowest BCUT2D eigenvalue weighted by Gasteiger charge is -2.35. The van der Waals surface area contributed by atoms with Gasteiger partial charge in [-0.15, -0.1) is 0 Å². The Kier molecular flexibility index (Phi) is 5.75. The number of carbonyl (C=O) groups is 2. The fraction of sp³-hybridized carbons (Fsp3) is 0.882. The molecular weight excluding hydrogens is 326 g/mol. The Bertz CT molecular complexity index is 494. The van der Waals surface area contributed by atoms with E-state index in [0.717, 1.165) is 25.0 Å². The van der Waals surface area contributed by atoms with Gasteiger partial charge >= 0.3 is 6.03 Å². The molecule has 0 spiro atoms. The zero-order valence-electron chi connectivity index (χ0n) is 15.2. The Morgan fingerprint density at radius 1 is 1.38 bits per heavy atom. The van der Waals surface area contributed by atoms with Crippen molar-refractivity contribution in [3.8, 4) is 0 Å². The van der Waals surface area contributed by atoms with Crippen LogP contribution in [-0.4, -0.2) is 51.3 Å². The SMILES string of the molecule is CC(C)(O)CCNC(=O)CCCC[C@@H]1SC[C@]2(C)NC(=O)N[C@]12C. The van der Waals surface area contributed by atoms with Gasteiger partial charge in [-0.3, -0.25) is 4.79 Å². The number of unbranched alkanes of at least 4 members (excludes halogenated alkanes) is 1. The summed E-state index contributed by atoms with van der Waals surface area (Å²) < 4.78 is 0. The first kappa shape index (κ1) is 19.4. The molecule has 2 rings (SSSR count). The molecule has 0 aromatic carbocycles. The monoisotopic (exact) mass is 357 g/mol. The lowest BCUT2D eigenvalue weighted by molar-refractivity contribution is -0.121. The molecule has 3 amide bonds. The molecular formula is C17H31N3O3S. The van der Waals surface area contributed by atoms with Gasteiger partial charge in [0.25, 0.3) is 0 Å².